The lowest BCUT2D eigenvalue weighted by atomic mass is 9.73. The first kappa shape index (κ1) is 16.3. The second-order valence-electron chi connectivity index (χ2n) is 8.82. The van der Waals surface area contributed by atoms with Crippen LogP contribution in [0.25, 0.3) is 0 Å². The molecule has 26 heavy (non-hydrogen) atoms. The second kappa shape index (κ2) is 6.10. The molecule has 1 atom stereocenters. The number of rotatable bonds is 2. The van der Waals surface area contributed by atoms with Gasteiger partial charge >= 0.3 is 0 Å². The van der Waals surface area contributed by atoms with Crippen molar-refractivity contribution in [2.24, 2.45) is 5.41 Å². The zero-order valence-corrected chi connectivity index (χ0v) is 15.4. The number of aryl methyl sites for hydroxylation is 1. The SMILES string of the molecule is O=C(c1n[nH]c2c1CCCC2)N1CCC[C@]2(CCC(=O)N(C3CC3)C2)C1. The van der Waals surface area contributed by atoms with Crippen LogP contribution >= 0.6 is 0 Å². The molecule has 3 heterocycles. The maximum absolute atomic E-state index is 13.2. The number of fused-ring (bicyclic) bond motifs is 1. The van der Waals surface area contributed by atoms with Gasteiger partial charge in [0.2, 0.25) is 5.91 Å². The van der Waals surface area contributed by atoms with Gasteiger partial charge in [0.25, 0.3) is 5.91 Å². The fourth-order valence-corrected chi connectivity index (χ4v) is 5.29. The highest BCUT2D eigenvalue weighted by Crippen LogP contribution is 2.42. The molecule has 0 radical (unpaired) electrons. The number of aromatic amines is 1. The highest BCUT2D eigenvalue weighted by molar-refractivity contribution is 5.94. The minimum atomic E-state index is 0.0957. The molecule has 2 saturated heterocycles. The van der Waals surface area contributed by atoms with E-state index in [0.717, 1.165) is 82.3 Å². The van der Waals surface area contributed by atoms with Gasteiger partial charge in [-0.25, -0.2) is 0 Å². The first-order chi connectivity index (χ1) is 12.7. The van der Waals surface area contributed by atoms with Crippen molar-refractivity contribution in [1.82, 2.24) is 20.0 Å². The molecule has 1 aromatic heterocycles. The molecule has 0 bridgehead atoms. The zero-order chi connectivity index (χ0) is 17.7. The summed E-state index contributed by atoms with van der Waals surface area (Å²) in [5.74, 6) is 0.418. The average Bonchev–Trinajstić information content (AvgIpc) is 3.42. The monoisotopic (exact) mass is 356 g/mol. The molecule has 6 heteroatoms. The third-order valence-corrected chi connectivity index (χ3v) is 6.89. The van der Waals surface area contributed by atoms with Gasteiger partial charge in [-0.2, -0.15) is 5.10 Å². The summed E-state index contributed by atoms with van der Waals surface area (Å²) in [6.45, 7) is 2.45. The first-order valence-corrected chi connectivity index (χ1v) is 10.3. The largest absolute Gasteiger partial charge is 0.339 e. The van der Waals surface area contributed by atoms with Gasteiger partial charge in [-0.05, 0) is 57.8 Å². The summed E-state index contributed by atoms with van der Waals surface area (Å²) in [7, 11) is 0. The molecule has 1 spiro atoms. The van der Waals surface area contributed by atoms with E-state index < -0.39 is 0 Å². The maximum atomic E-state index is 13.2. The predicted molar refractivity (Wildman–Crippen MR) is 96.8 cm³/mol. The molecule has 0 unspecified atom stereocenters. The normalized spacial score (nSPS) is 29.2. The number of hydrogen-bond acceptors (Lipinski definition) is 3. The summed E-state index contributed by atoms with van der Waals surface area (Å²) in [4.78, 5) is 29.7. The van der Waals surface area contributed by atoms with Crippen LogP contribution in [0.3, 0.4) is 0 Å². The Kier molecular flexibility index (Phi) is 3.83. The molecule has 1 aromatic rings. The van der Waals surface area contributed by atoms with Crippen LogP contribution in [-0.4, -0.2) is 57.5 Å². The number of H-pyrrole nitrogens is 1. The van der Waals surface area contributed by atoms with E-state index in [1.807, 2.05) is 4.90 Å². The second-order valence-corrected chi connectivity index (χ2v) is 8.82. The summed E-state index contributed by atoms with van der Waals surface area (Å²) in [5, 5.41) is 7.49. The number of hydrogen-bond donors (Lipinski definition) is 1. The van der Waals surface area contributed by atoms with Crippen LogP contribution in [-0.2, 0) is 17.6 Å². The van der Waals surface area contributed by atoms with E-state index in [2.05, 4.69) is 15.1 Å². The van der Waals surface area contributed by atoms with E-state index in [1.54, 1.807) is 0 Å². The van der Waals surface area contributed by atoms with Crippen molar-refractivity contribution in [3.63, 3.8) is 0 Å². The number of carbonyl (C=O) groups excluding carboxylic acids is 2. The average molecular weight is 356 g/mol. The molecule has 1 N–H and O–H groups in total. The molecule has 140 valence electrons. The van der Waals surface area contributed by atoms with E-state index in [0.29, 0.717) is 24.1 Å². The van der Waals surface area contributed by atoms with Crippen LogP contribution < -0.4 is 0 Å². The van der Waals surface area contributed by atoms with E-state index in [-0.39, 0.29) is 11.3 Å². The van der Waals surface area contributed by atoms with Gasteiger partial charge in [-0.15, -0.1) is 0 Å². The maximum Gasteiger partial charge on any atom is 0.274 e. The van der Waals surface area contributed by atoms with Crippen LogP contribution in [0.5, 0.6) is 0 Å². The van der Waals surface area contributed by atoms with Crippen molar-refractivity contribution in [1.29, 1.82) is 0 Å². The van der Waals surface area contributed by atoms with Crippen molar-refractivity contribution >= 4 is 11.8 Å². The minimum Gasteiger partial charge on any atom is -0.339 e. The predicted octanol–water partition coefficient (Wildman–Crippen LogP) is 2.30. The number of aromatic nitrogens is 2. The van der Waals surface area contributed by atoms with Crippen LogP contribution in [0.15, 0.2) is 0 Å². The summed E-state index contributed by atoms with van der Waals surface area (Å²) in [5.41, 5.74) is 3.07. The minimum absolute atomic E-state index is 0.0957. The lowest BCUT2D eigenvalue weighted by Crippen LogP contribution is -2.55. The molecule has 6 nitrogen and oxygen atoms in total. The third kappa shape index (κ3) is 2.74. The molecule has 2 aliphatic heterocycles. The molecule has 5 rings (SSSR count). The lowest BCUT2D eigenvalue weighted by Gasteiger charge is -2.48. The Labute approximate surface area is 154 Å². The van der Waals surface area contributed by atoms with E-state index >= 15 is 0 Å². The van der Waals surface area contributed by atoms with Crippen molar-refractivity contribution < 1.29 is 9.59 Å². The number of likely N-dealkylation sites (tertiary alicyclic amines) is 2. The fourth-order valence-electron chi connectivity index (χ4n) is 5.29. The highest BCUT2D eigenvalue weighted by Gasteiger charge is 2.46. The summed E-state index contributed by atoms with van der Waals surface area (Å²) in [6.07, 6.45) is 10.4. The Bertz CT molecular complexity index is 738. The summed E-state index contributed by atoms with van der Waals surface area (Å²) < 4.78 is 0. The first-order valence-electron chi connectivity index (χ1n) is 10.3. The van der Waals surface area contributed by atoms with Gasteiger partial charge in [-0.1, -0.05) is 0 Å². The van der Waals surface area contributed by atoms with E-state index in [9.17, 15) is 9.59 Å². The number of nitrogens with one attached hydrogen (secondary N) is 1. The van der Waals surface area contributed by atoms with Gasteiger partial charge in [-0.3, -0.25) is 14.7 Å². The van der Waals surface area contributed by atoms with E-state index in [4.69, 9.17) is 0 Å². The highest BCUT2D eigenvalue weighted by atomic mass is 16.2. The molecule has 3 fully saturated rings. The van der Waals surface area contributed by atoms with Crippen LogP contribution in [0.2, 0.25) is 0 Å². The van der Waals surface area contributed by atoms with Gasteiger partial charge in [0, 0.05) is 48.8 Å². The molecule has 4 aliphatic rings. The zero-order valence-electron chi connectivity index (χ0n) is 15.4. The third-order valence-electron chi connectivity index (χ3n) is 6.89. The Morgan fingerprint density at radius 3 is 2.77 bits per heavy atom. The van der Waals surface area contributed by atoms with Crippen LogP contribution in [0, 0.1) is 5.41 Å². The van der Waals surface area contributed by atoms with Crippen LogP contribution in [0.4, 0.5) is 0 Å². The molecule has 1 saturated carbocycles. The van der Waals surface area contributed by atoms with Gasteiger partial charge < -0.3 is 9.80 Å². The van der Waals surface area contributed by atoms with Gasteiger partial charge in [0.15, 0.2) is 5.69 Å². The summed E-state index contributed by atoms with van der Waals surface area (Å²) >= 11 is 0. The Balaban J connectivity index is 1.35. The van der Waals surface area contributed by atoms with Crippen LogP contribution in [0.1, 0.15) is 73.1 Å². The number of nitrogens with zero attached hydrogens (tertiary/aromatic N) is 3. The molecule has 2 aliphatic carbocycles. The lowest BCUT2D eigenvalue weighted by molar-refractivity contribution is -0.139. The topological polar surface area (TPSA) is 69.3 Å². The smallest absolute Gasteiger partial charge is 0.274 e. The standard InChI is InChI=1S/C20H28N4O2/c25-17-8-10-20(13-24(17)14-6-7-14)9-3-11-23(12-20)19(26)18-15-4-1-2-5-16(15)21-22-18/h14H,1-13H2,(H,21,22)/t20-/m0/s1. The van der Waals surface area contributed by atoms with Crippen molar-refractivity contribution in [2.75, 3.05) is 19.6 Å². The van der Waals surface area contributed by atoms with Gasteiger partial charge in [0.1, 0.15) is 0 Å². The Morgan fingerprint density at radius 1 is 1.08 bits per heavy atom. The fraction of sp³-hybridized carbons (Fsp3) is 0.750. The quantitative estimate of drug-likeness (QED) is 0.884. The Hall–Kier alpha value is -1.85. The molecule has 2 amide bonds. The van der Waals surface area contributed by atoms with Crippen molar-refractivity contribution in [3.8, 4) is 0 Å². The van der Waals surface area contributed by atoms with Crippen molar-refractivity contribution in [3.05, 3.63) is 17.0 Å². The summed E-state index contributed by atoms with van der Waals surface area (Å²) in [6, 6.07) is 0.476. The van der Waals surface area contributed by atoms with Gasteiger partial charge in [0.05, 0.1) is 0 Å². The molecular formula is C20H28N4O2. The molecular weight excluding hydrogens is 328 g/mol. The molecule has 0 aromatic carbocycles. The van der Waals surface area contributed by atoms with Crippen molar-refractivity contribution in [2.45, 2.75) is 70.3 Å². The number of piperidine rings is 2. The van der Waals surface area contributed by atoms with E-state index in [1.165, 1.54) is 6.42 Å². The number of carbonyl (C=O) groups is 2. The Morgan fingerprint density at radius 2 is 1.92 bits per heavy atom. The number of amides is 2.